The number of carbonyl (C=O) groups is 1. The summed E-state index contributed by atoms with van der Waals surface area (Å²) in [6.45, 7) is 3.98. The highest BCUT2D eigenvalue weighted by Gasteiger charge is 2.11. The molecule has 0 saturated heterocycles. The van der Waals surface area contributed by atoms with E-state index in [9.17, 15) is 9.90 Å². The van der Waals surface area contributed by atoms with Crippen LogP contribution in [0.3, 0.4) is 0 Å². The second kappa shape index (κ2) is 14.3. The lowest BCUT2D eigenvalue weighted by atomic mass is 10.1. The predicted molar refractivity (Wildman–Crippen MR) is 86.7 cm³/mol. The summed E-state index contributed by atoms with van der Waals surface area (Å²) in [5.41, 5.74) is 0. The van der Waals surface area contributed by atoms with Crippen molar-refractivity contribution in [2.45, 2.75) is 71.3 Å². The average molecular weight is 278 g/mol. The van der Waals surface area contributed by atoms with Crippen molar-refractivity contribution in [2.24, 2.45) is 0 Å². The number of Topliss-reactive ketones (excluding diaryl/α,β-unsaturated/α-hetero) is 1. The van der Waals surface area contributed by atoms with Crippen LogP contribution in [0.4, 0.5) is 0 Å². The Morgan fingerprint density at radius 3 is 2.15 bits per heavy atom. The minimum atomic E-state index is -0.828. The van der Waals surface area contributed by atoms with E-state index in [-0.39, 0.29) is 5.78 Å². The van der Waals surface area contributed by atoms with Crippen molar-refractivity contribution in [1.82, 2.24) is 0 Å². The van der Waals surface area contributed by atoms with E-state index < -0.39 is 6.10 Å². The van der Waals surface area contributed by atoms with Crippen molar-refractivity contribution in [3.63, 3.8) is 0 Å². The van der Waals surface area contributed by atoms with E-state index in [1.165, 1.54) is 25.7 Å². The Morgan fingerprint density at radius 1 is 0.900 bits per heavy atom. The van der Waals surface area contributed by atoms with Crippen molar-refractivity contribution in [3.05, 3.63) is 36.5 Å². The minimum Gasteiger partial charge on any atom is -0.385 e. The van der Waals surface area contributed by atoms with Crippen molar-refractivity contribution in [2.75, 3.05) is 0 Å². The number of rotatable bonds is 12. The van der Waals surface area contributed by atoms with E-state index in [0.29, 0.717) is 12.8 Å². The third-order valence-corrected chi connectivity index (χ3v) is 3.17. The molecule has 20 heavy (non-hydrogen) atoms. The number of allylic oxidation sites excluding steroid dienone is 5. The van der Waals surface area contributed by atoms with Crippen LogP contribution in [-0.2, 0) is 4.79 Å². The molecule has 1 N–H and O–H groups in total. The van der Waals surface area contributed by atoms with Gasteiger partial charge in [-0.15, -0.1) is 0 Å². The molecule has 1 unspecified atom stereocenters. The van der Waals surface area contributed by atoms with Gasteiger partial charge in [0.05, 0.1) is 0 Å². The van der Waals surface area contributed by atoms with Crippen LogP contribution >= 0.6 is 0 Å². The molecule has 0 aliphatic heterocycles. The fourth-order valence-electron chi connectivity index (χ4n) is 1.90. The largest absolute Gasteiger partial charge is 0.385 e. The van der Waals surface area contributed by atoms with Gasteiger partial charge in [-0.1, -0.05) is 42.9 Å². The molecule has 0 aromatic heterocycles. The highest BCUT2D eigenvalue weighted by atomic mass is 16.3. The van der Waals surface area contributed by atoms with Gasteiger partial charge in [0.15, 0.2) is 5.78 Å². The topological polar surface area (TPSA) is 37.3 Å². The SMILES string of the molecule is C/C=C/CCCCC/C=C/CC(O)C(=O)CC/C=C/C. The Morgan fingerprint density at radius 2 is 1.50 bits per heavy atom. The van der Waals surface area contributed by atoms with Gasteiger partial charge in [0.2, 0.25) is 0 Å². The number of hydrogen-bond donors (Lipinski definition) is 1. The molecular weight excluding hydrogens is 248 g/mol. The number of aliphatic hydroxyl groups is 1. The van der Waals surface area contributed by atoms with E-state index >= 15 is 0 Å². The quantitative estimate of drug-likeness (QED) is 0.413. The second-order valence-corrected chi connectivity index (χ2v) is 5.00. The highest BCUT2D eigenvalue weighted by Crippen LogP contribution is 2.06. The molecule has 0 fully saturated rings. The Hall–Kier alpha value is -1.15. The standard InChI is InChI=1S/C18H30O2/c1-3-5-7-8-9-10-11-12-14-16-18(20)17(19)15-13-6-4-2/h3-6,12,14,18,20H,7-11,13,15-16H2,1-2H3/b5-3+,6-4+,14-12+. The molecule has 0 aromatic rings. The molecule has 0 saturated carbocycles. The third-order valence-electron chi connectivity index (χ3n) is 3.17. The van der Waals surface area contributed by atoms with Crippen molar-refractivity contribution in [1.29, 1.82) is 0 Å². The summed E-state index contributed by atoms with van der Waals surface area (Å²) in [6, 6.07) is 0. The first kappa shape index (κ1) is 18.9. The Bertz CT molecular complexity index is 313. The number of aliphatic hydroxyl groups excluding tert-OH is 1. The van der Waals surface area contributed by atoms with Crippen LogP contribution in [0, 0.1) is 0 Å². The zero-order valence-corrected chi connectivity index (χ0v) is 13.1. The first-order valence-corrected chi connectivity index (χ1v) is 7.80. The lowest BCUT2D eigenvalue weighted by Gasteiger charge is -2.05. The lowest BCUT2D eigenvalue weighted by Crippen LogP contribution is -2.18. The fourth-order valence-corrected chi connectivity index (χ4v) is 1.90. The van der Waals surface area contributed by atoms with Crippen LogP contribution in [-0.4, -0.2) is 17.0 Å². The molecular formula is C18H30O2. The summed E-state index contributed by atoms with van der Waals surface area (Å²) in [5.74, 6) is -0.0564. The van der Waals surface area contributed by atoms with Crippen LogP contribution in [0.25, 0.3) is 0 Å². The normalized spacial score (nSPS) is 13.8. The van der Waals surface area contributed by atoms with E-state index in [4.69, 9.17) is 0 Å². The van der Waals surface area contributed by atoms with Gasteiger partial charge in [-0.25, -0.2) is 0 Å². The Balaban J connectivity index is 3.55. The second-order valence-electron chi connectivity index (χ2n) is 5.00. The summed E-state index contributed by atoms with van der Waals surface area (Å²) < 4.78 is 0. The maximum absolute atomic E-state index is 11.6. The zero-order valence-electron chi connectivity index (χ0n) is 13.1. The van der Waals surface area contributed by atoms with E-state index in [1.807, 2.05) is 32.1 Å². The highest BCUT2D eigenvalue weighted by molar-refractivity contribution is 5.83. The Labute approximate surface area is 124 Å². The molecule has 0 aromatic carbocycles. The molecule has 0 heterocycles. The van der Waals surface area contributed by atoms with Crippen LogP contribution in [0.15, 0.2) is 36.5 Å². The summed E-state index contributed by atoms with van der Waals surface area (Å²) in [7, 11) is 0. The molecule has 0 aliphatic rings. The van der Waals surface area contributed by atoms with Gasteiger partial charge in [0.1, 0.15) is 6.10 Å². The monoisotopic (exact) mass is 278 g/mol. The zero-order chi connectivity index (χ0) is 15.1. The molecule has 0 rings (SSSR count). The van der Waals surface area contributed by atoms with Crippen molar-refractivity contribution in [3.8, 4) is 0 Å². The number of unbranched alkanes of at least 4 members (excludes halogenated alkanes) is 4. The van der Waals surface area contributed by atoms with E-state index in [1.54, 1.807) is 0 Å². The molecule has 0 amide bonds. The molecule has 2 nitrogen and oxygen atoms in total. The number of ketones is 1. The smallest absolute Gasteiger partial charge is 0.161 e. The lowest BCUT2D eigenvalue weighted by molar-refractivity contribution is -0.126. The van der Waals surface area contributed by atoms with Crippen LogP contribution in [0.2, 0.25) is 0 Å². The van der Waals surface area contributed by atoms with E-state index in [2.05, 4.69) is 18.2 Å². The summed E-state index contributed by atoms with van der Waals surface area (Å²) >= 11 is 0. The molecule has 114 valence electrons. The summed E-state index contributed by atoms with van der Waals surface area (Å²) in [4.78, 5) is 11.6. The molecule has 1 atom stereocenters. The molecule has 0 spiro atoms. The van der Waals surface area contributed by atoms with Crippen LogP contribution in [0.5, 0.6) is 0 Å². The predicted octanol–water partition coefficient (Wildman–Crippen LogP) is 4.75. The van der Waals surface area contributed by atoms with Gasteiger partial charge in [-0.2, -0.15) is 0 Å². The number of carbonyl (C=O) groups excluding carboxylic acids is 1. The van der Waals surface area contributed by atoms with Gasteiger partial charge in [0, 0.05) is 6.42 Å². The maximum atomic E-state index is 11.6. The third kappa shape index (κ3) is 11.9. The molecule has 0 aliphatic carbocycles. The van der Waals surface area contributed by atoms with Crippen molar-refractivity contribution < 1.29 is 9.90 Å². The fraction of sp³-hybridized carbons (Fsp3) is 0.611. The average Bonchev–Trinajstić information content (AvgIpc) is 2.45. The number of hydrogen-bond acceptors (Lipinski definition) is 2. The van der Waals surface area contributed by atoms with Gasteiger partial charge in [-0.3, -0.25) is 4.79 Å². The van der Waals surface area contributed by atoms with E-state index in [0.717, 1.165) is 12.8 Å². The minimum absolute atomic E-state index is 0.0564. The van der Waals surface area contributed by atoms with Gasteiger partial charge >= 0.3 is 0 Å². The molecule has 0 bridgehead atoms. The van der Waals surface area contributed by atoms with Crippen molar-refractivity contribution >= 4 is 5.78 Å². The Kier molecular flexibility index (Phi) is 13.4. The van der Waals surface area contributed by atoms with Gasteiger partial charge in [-0.05, 0) is 52.4 Å². The molecule has 0 radical (unpaired) electrons. The van der Waals surface area contributed by atoms with Gasteiger partial charge < -0.3 is 5.11 Å². The summed E-state index contributed by atoms with van der Waals surface area (Å²) in [5, 5.41) is 9.68. The first-order chi connectivity index (χ1) is 9.72. The maximum Gasteiger partial charge on any atom is 0.161 e. The van der Waals surface area contributed by atoms with Crippen LogP contribution in [0.1, 0.15) is 65.2 Å². The van der Waals surface area contributed by atoms with Gasteiger partial charge in [0.25, 0.3) is 0 Å². The molecule has 2 heteroatoms. The van der Waals surface area contributed by atoms with Crippen LogP contribution < -0.4 is 0 Å². The first-order valence-electron chi connectivity index (χ1n) is 7.80. The summed E-state index contributed by atoms with van der Waals surface area (Å²) in [6.07, 6.45) is 18.8.